The normalized spacial score (nSPS) is 21.5. The Morgan fingerprint density at radius 3 is 2.67 bits per heavy atom. The Balaban J connectivity index is 1.40. The van der Waals surface area contributed by atoms with Crippen molar-refractivity contribution in [2.75, 3.05) is 43.2 Å². The molecule has 3 heterocycles. The van der Waals surface area contributed by atoms with Gasteiger partial charge in [0.05, 0.1) is 19.2 Å². The highest BCUT2D eigenvalue weighted by Gasteiger charge is 2.32. The lowest BCUT2D eigenvalue weighted by Crippen LogP contribution is -2.35. The molecule has 4 rings (SSSR count). The third-order valence-corrected chi connectivity index (χ3v) is 6.55. The zero-order chi connectivity index (χ0) is 23.4. The fourth-order valence-electron chi connectivity index (χ4n) is 4.89. The SMILES string of the molecule is COC[C@H]1CCCN1c1ncnc(N2CC[C@@H](Oc3ccc([C@H](C)CC(C)=O)cc3)C2)c1F. The van der Waals surface area contributed by atoms with Crippen LogP contribution in [0.4, 0.5) is 16.0 Å². The van der Waals surface area contributed by atoms with E-state index in [2.05, 4.69) is 16.9 Å². The van der Waals surface area contributed by atoms with E-state index in [1.54, 1.807) is 14.0 Å². The molecule has 2 saturated heterocycles. The van der Waals surface area contributed by atoms with Crippen LogP contribution < -0.4 is 14.5 Å². The van der Waals surface area contributed by atoms with Crippen molar-refractivity contribution in [3.63, 3.8) is 0 Å². The first-order valence-corrected chi connectivity index (χ1v) is 11.7. The van der Waals surface area contributed by atoms with E-state index in [9.17, 15) is 4.79 Å². The first-order chi connectivity index (χ1) is 16.0. The van der Waals surface area contributed by atoms with E-state index >= 15 is 4.39 Å². The number of nitrogens with zero attached hydrogens (tertiary/aromatic N) is 4. The van der Waals surface area contributed by atoms with E-state index in [-0.39, 0.29) is 29.7 Å². The second-order valence-corrected chi connectivity index (χ2v) is 9.13. The Labute approximate surface area is 194 Å². The molecule has 2 aliphatic heterocycles. The van der Waals surface area contributed by atoms with Gasteiger partial charge in [0.1, 0.15) is 24.0 Å². The van der Waals surface area contributed by atoms with Gasteiger partial charge >= 0.3 is 0 Å². The lowest BCUT2D eigenvalue weighted by molar-refractivity contribution is -0.117. The number of Topliss-reactive ketones (excluding diaryl/α,β-unsaturated/α-hetero) is 1. The van der Waals surface area contributed by atoms with Crippen LogP contribution in [0.15, 0.2) is 30.6 Å². The molecule has 0 saturated carbocycles. The van der Waals surface area contributed by atoms with Crippen LogP contribution >= 0.6 is 0 Å². The molecular weight excluding hydrogens is 423 g/mol. The number of rotatable bonds is 9. The van der Waals surface area contributed by atoms with Crippen LogP contribution in [-0.2, 0) is 9.53 Å². The average Bonchev–Trinajstić information content (AvgIpc) is 3.44. The summed E-state index contributed by atoms with van der Waals surface area (Å²) >= 11 is 0. The van der Waals surface area contributed by atoms with Crippen molar-refractivity contribution in [2.24, 2.45) is 0 Å². The second kappa shape index (κ2) is 10.5. The van der Waals surface area contributed by atoms with Gasteiger partial charge in [0, 0.05) is 33.0 Å². The molecule has 178 valence electrons. The second-order valence-electron chi connectivity index (χ2n) is 9.13. The zero-order valence-corrected chi connectivity index (χ0v) is 19.7. The molecule has 7 nitrogen and oxygen atoms in total. The minimum Gasteiger partial charge on any atom is -0.489 e. The van der Waals surface area contributed by atoms with Crippen LogP contribution in [-0.4, -0.2) is 61.2 Å². The minimum absolute atomic E-state index is 0.0451. The van der Waals surface area contributed by atoms with Gasteiger partial charge in [0.25, 0.3) is 0 Å². The third-order valence-electron chi connectivity index (χ3n) is 6.55. The number of hydrogen-bond donors (Lipinski definition) is 0. The van der Waals surface area contributed by atoms with Gasteiger partial charge in [0.2, 0.25) is 5.82 Å². The summed E-state index contributed by atoms with van der Waals surface area (Å²) < 4.78 is 26.9. The standard InChI is InChI=1S/C25H33FN4O3/c1-17(13-18(2)31)19-6-8-21(9-7-19)33-22-10-12-29(14-22)24-23(26)25(28-16-27-24)30-11-4-5-20(30)15-32-3/h6-9,16-17,20,22H,4-5,10-15H2,1-3H3/t17-,20-,22-/m1/s1. The molecular formula is C25H33FN4O3. The zero-order valence-electron chi connectivity index (χ0n) is 19.7. The Kier molecular flexibility index (Phi) is 7.42. The van der Waals surface area contributed by atoms with Crippen LogP contribution in [0, 0.1) is 5.82 Å². The highest BCUT2D eigenvalue weighted by atomic mass is 19.1. The van der Waals surface area contributed by atoms with Crippen LogP contribution in [0.1, 0.15) is 51.0 Å². The van der Waals surface area contributed by atoms with Gasteiger partial charge in [-0.05, 0) is 43.4 Å². The van der Waals surface area contributed by atoms with Crippen LogP contribution in [0.5, 0.6) is 5.75 Å². The summed E-state index contributed by atoms with van der Waals surface area (Å²) in [7, 11) is 1.67. The molecule has 1 aromatic carbocycles. The largest absolute Gasteiger partial charge is 0.489 e. The summed E-state index contributed by atoms with van der Waals surface area (Å²) in [5.74, 6) is 1.48. The molecule has 0 N–H and O–H groups in total. The van der Waals surface area contributed by atoms with Crippen molar-refractivity contribution in [2.45, 2.75) is 57.6 Å². The maximum absolute atomic E-state index is 15.4. The van der Waals surface area contributed by atoms with Crippen molar-refractivity contribution < 1.29 is 18.7 Å². The van der Waals surface area contributed by atoms with Gasteiger partial charge in [-0.2, -0.15) is 4.39 Å². The third kappa shape index (κ3) is 5.43. The number of carbonyl (C=O) groups excluding carboxylic acids is 1. The average molecular weight is 457 g/mol. The van der Waals surface area contributed by atoms with Gasteiger partial charge in [0.15, 0.2) is 11.6 Å². The summed E-state index contributed by atoms with van der Waals surface area (Å²) in [4.78, 5) is 23.8. The molecule has 2 fully saturated rings. The highest BCUT2D eigenvalue weighted by molar-refractivity contribution is 5.76. The lowest BCUT2D eigenvalue weighted by atomic mass is 9.96. The predicted octanol–water partition coefficient (Wildman–Crippen LogP) is 3.97. The quantitative estimate of drug-likeness (QED) is 0.566. The first kappa shape index (κ1) is 23.4. The molecule has 0 bridgehead atoms. The summed E-state index contributed by atoms with van der Waals surface area (Å²) in [5, 5.41) is 0. The summed E-state index contributed by atoms with van der Waals surface area (Å²) in [6.07, 6.45) is 4.70. The molecule has 0 radical (unpaired) electrons. The van der Waals surface area contributed by atoms with Crippen LogP contribution in [0.25, 0.3) is 0 Å². The molecule has 1 aromatic heterocycles. The number of ketones is 1. The molecule has 2 aliphatic rings. The van der Waals surface area contributed by atoms with Gasteiger partial charge in [-0.25, -0.2) is 9.97 Å². The number of benzene rings is 1. The molecule has 2 aromatic rings. The predicted molar refractivity (Wildman–Crippen MR) is 126 cm³/mol. The van der Waals surface area contributed by atoms with E-state index in [0.29, 0.717) is 37.8 Å². The fraction of sp³-hybridized carbons (Fsp3) is 0.560. The fourth-order valence-corrected chi connectivity index (χ4v) is 4.89. The highest BCUT2D eigenvalue weighted by Crippen LogP contribution is 2.32. The smallest absolute Gasteiger partial charge is 0.208 e. The molecule has 0 amide bonds. The Morgan fingerprint density at radius 2 is 1.94 bits per heavy atom. The summed E-state index contributed by atoms with van der Waals surface area (Å²) in [6, 6.07) is 8.06. The van der Waals surface area contributed by atoms with Crippen molar-refractivity contribution >= 4 is 17.4 Å². The van der Waals surface area contributed by atoms with E-state index in [0.717, 1.165) is 37.1 Å². The van der Waals surface area contributed by atoms with Crippen molar-refractivity contribution in [1.82, 2.24) is 9.97 Å². The maximum Gasteiger partial charge on any atom is 0.208 e. The lowest BCUT2D eigenvalue weighted by Gasteiger charge is -2.27. The minimum atomic E-state index is -0.370. The van der Waals surface area contributed by atoms with Gasteiger partial charge in [-0.15, -0.1) is 0 Å². The topological polar surface area (TPSA) is 67.8 Å². The van der Waals surface area contributed by atoms with E-state index in [4.69, 9.17) is 9.47 Å². The number of carbonyl (C=O) groups is 1. The molecule has 0 aliphatic carbocycles. The summed E-state index contributed by atoms with van der Waals surface area (Å²) in [6.45, 7) is 6.24. The molecule has 8 heteroatoms. The number of ether oxygens (including phenoxy) is 2. The monoisotopic (exact) mass is 456 g/mol. The molecule has 0 unspecified atom stereocenters. The number of anilines is 2. The number of aromatic nitrogens is 2. The Bertz CT molecular complexity index is 955. The number of methoxy groups -OCH3 is 1. The van der Waals surface area contributed by atoms with Crippen molar-refractivity contribution in [1.29, 1.82) is 0 Å². The summed E-state index contributed by atoms with van der Waals surface area (Å²) in [5.41, 5.74) is 1.12. The van der Waals surface area contributed by atoms with Crippen LogP contribution in [0.3, 0.4) is 0 Å². The molecule has 3 atom stereocenters. The Morgan fingerprint density at radius 1 is 1.18 bits per heavy atom. The number of halogens is 1. The Hall–Kier alpha value is -2.74. The first-order valence-electron chi connectivity index (χ1n) is 11.7. The molecule has 0 spiro atoms. The van der Waals surface area contributed by atoms with Gasteiger partial charge in [-0.3, -0.25) is 0 Å². The number of hydrogen-bond acceptors (Lipinski definition) is 7. The van der Waals surface area contributed by atoms with E-state index in [1.165, 1.54) is 6.33 Å². The van der Waals surface area contributed by atoms with Gasteiger partial charge < -0.3 is 24.1 Å². The van der Waals surface area contributed by atoms with Crippen molar-refractivity contribution in [3.05, 3.63) is 42.0 Å². The van der Waals surface area contributed by atoms with E-state index < -0.39 is 0 Å². The molecule has 33 heavy (non-hydrogen) atoms. The van der Waals surface area contributed by atoms with E-state index in [1.807, 2.05) is 34.1 Å². The maximum atomic E-state index is 15.4. The van der Waals surface area contributed by atoms with Gasteiger partial charge in [-0.1, -0.05) is 19.1 Å². The van der Waals surface area contributed by atoms with Crippen molar-refractivity contribution in [3.8, 4) is 5.75 Å². The van der Waals surface area contributed by atoms with Crippen LogP contribution in [0.2, 0.25) is 0 Å².